The maximum atomic E-state index is 6.48. The van der Waals surface area contributed by atoms with Crippen LogP contribution < -0.4 is 0 Å². The van der Waals surface area contributed by atoms with Gasteiger partial charge in [-0.3, -0.25) is 0 Å². The third-order valence-corrected chi connectivity index (χ3v) is 7.88. The summed E-state index contributed by atoms with van der Waals surface area (Å²) in [6.45, 7) is 0. The first-order valence-electron chi connectivity index (χ1n) is 13.3. The van der Waals surface area contributed by atoms with E-state index >= 15 is 0 Å². The second-order valence-electron chi connectivity index (χ2n) is 10.2. The van der Waals surface area contributed by atoms with Gasteiger partial charge in [-0.25, -0.2) is 9.97 Å². The fourth-order valence-electron chi connectivity index (χ4n) is 6.03. The van der Waals surface area contributed by atoms with Crippen LogP contribution >= 0.6 is 0 Å². The fourth-order valence-corrected chi connectivity index (χ4v) is 6.03. The van der Waals surface area contributed by atoms with Gasteiger partial charge in [0.1, 0.15) is 22.3 Å². The van der Waals surface area contributed by atoms with Crippen molar-refractivity contribution in [2.75, 3.05) is 0 Å². The maximum Gasteiger partial charge on any atom is 0.160 e. The van der Waals surface area contributed by atoms with Gasteiger partial charge in [0, 0.05) is 43.4 Å². The Bertz CT molecular complexity index is 2450. The van der Waals surface area contributed by atoms with Crippen LogP contribution in [0.4, 0.5) is 0 Å². The second-order valence-corrected chi connectivity index (χ2v) is 10.2. The molecule has 0 spiro atoms. The Morgan fingerprint density at radius 1 is 0.475 bits per heavy atom. The van der Waals surface area contributed by atoms with Gasteiger partial charge in [0.2, 0.25) is 0 Å². The summed E-state index contributed by atoms with van der Waals surface area (Å²) in [5.41, 5.74) is 7.16. The van der Waals surface area contributed by atoms with Crippen LogP contribution in [-0.4, -0.2) is 9.97 Å². The molecule has 3 heterocycles. The van der Waals surface area contributed by atoms with Gasteiger partial charge in [-0.05, 0) is 41.8 Å². The molecule has 4 heteroatoms. The van der Waals surface area contributed by atoms with E-state index in [9.17, 15) is 0 Å². The molecule has 0 radical (unpaired) electrons. The number of fused-ring (bicyclic) bond motifs is 9. The third-order valence-electron chi connectivity index (χ3n) is 7.88. The summed E-state index contributed by atoms with van der Waals surface area (Å²) in [5.74, 6) is 0.657. The first-order chi connectivity index (χ1) is 19.8. The molecule has 0 aliphatic carbocycles. The lowest BCUT2D eigenvalue weighted by molar-refractivity contribution is 0.669. The van der Waals surface area contributed by atoms with E-state index in [0.717, 1.165) is 82.4 Å². The molecule has 0 saturated carbocycles. The van der Waals surface area contributed by atoms with E-state index in [-0.39, 0.29) is 0 Å². The molecule has 186 valence electrons. The van der Waals surface area contributed by atoms with Crippen molar-refractivity contribution in [1.82, 2.24) is 9.97 Å². The number of benzene rings is 6. The molecule has 0 unspecified atom stereocenters. The van der Waals surface area contributed by atoms with Crippen molar-refractivity contribution in [1.29, 1.82) is 0 Å². The van der Waals surface area contributed by atoms with Crippen LogP contribution in [0, 0.1) is 0 Å². The van der Waals surface area contributed by atoms with Crippen molar-refractivity contribution in [3.63, 3.8) is 0 Å². The minimum atomic E-state index is 0.657. The summed E-state index contributed by atoms with van der Waals surface area (Å²) in [4.78, 5) is 10.2. The molecule has 0 amide bonds. The standard InChI is InChI=1S/C36H20N2O2/c1-4-13-29-27(11-1)34(38-36(37-29)22-17-18-25-23-9-2-5-14-30(23)39-32(25)20-22)28-12-7-8-21-16-19-26-24-10-3-6-15-31(24)40-35(26)33(21)28/h1-20H. The maximum absolute atomic E-state index is 6.48. The summed E-state index contributed by atoms with van der Waals surface area (Å²) in [6, 6.07) is 41.4. The molecular weight excluding hydrogens is 492 g/mol. The predicted octanol–water partition coefficient (Wildman–Crippen LogP) is 9.92. The number of furan rings is 2. The molecule has 0 bridgehead atoms. The molecule has 9 rings (SSSR count). The van der Waals surface area contributed by atoms with Crippen LogP contribution in [0.15, 0.2) is 130 Å². The van der Waals surface area contributed by atoms with Gasteiger partial charge < -0.3 is 8.83 Å². The number of hydrogen-bond acceptors (Lipinski definition) is 4. The number of rotatable bonds is 2. The zero-order chi connectivity index (χ0) is 26.2. The van der Waals surface area contributed by atoms with Crippen molar-refractivity contribution in [3.05, 3.63) is 121 Å². The highest BCUT2D eigenvalue weighted by Gasteiger charge is 2.18. The fraction of sp³-hybridized carbons (Fsp3) is 0. The van der Waals surface area contributed by atoms with Crippen LogP contribution in [0.25, 0.3) is 88.2 Å². The smallest absolute Gasteiger partial charge is 0.160 e. The quantitative estimate of drug-likeness (QED) is 0.231. The monoisotopic (exact) mass is 512 g/mol. The number of hydrogen-bond donors (Lipinski definition) is 0. The Labute approximate surface area is 228 Å². The summed E-state index contributed by atoms with van der Waals surface area (Å²) in [5, 5.41) is 7.56. The molecule has 0 aliphatic rings. The molecule has 0 atom stereocenters. The minimum Gasteiger partial charge on any atom is -0.456 e. The lowest BCUT2D eigenvalue weighted by atomic mass is 9.97. The van der Waals surface area contributed by atoms with E-state index in [1.807, 2.05) is 54.6 Å². The van der Waals surface area contributed by atoms with Crippen molar-refractivity contribution < 1.29 is 8.83 Å². The first kappa shape index (κ1) is 21.5. The van der Waals surface area contributed by atoms with Crippen molar-refractivity contribution in [2.24, 2.45) is 0 Å². The van der Waals surface area contributed by atoms with Gasteiger partial charge in [-0.1, -0.05) is 84.9 Å². The largest absolute Gasteiger partial charge is 0.456 e. The van der Waals surface area contributed by atoms with Crippen LogP contribution in [0.1, 0.15) is 0 Å². The average molecular weight is 513 g/mol. The van der Waals surface area contributed by atoms with Gasteiger partial charge in [0.25, 0.3) is 0 Å². The molecule has 3 aromatic heterocycles. The van der Waals surface area contributed by atoms with Crippen molar-refractivity contribution in [2.45, 2.75) is 0 Å². The zero-order valence-corrected chi connectivity index (χ0v) is 21.3. The van der Waals surface area contributed by atoms with Gasteiger partial charge in [0.05, 0.1) is 11.2 Å². The Kier molecular flexibility index (Phi) is 4.30. The molecule has 0 N–H and O–H groups in total. The molecule has 0 saturated heterocycles. The Balaban J connectivity index is 1.34. The highest BCUT2D eigenvalue weighted by atomic mass is 16.3. The van der Waals surface area contributed by atoms with Crippen molar-refractivity contribution >= 4 is 65.6 Å². The first-order valence-corrected chi connectivity index (χ1v) is 13.3. The SMILES string of the molecule is c1cc(-c2nc(-c3ccc4c(c3)oc3ccccc34)nc3ccccc23)c2c(c1)ccc1c3ccccc3oc12. The summed E-state index contributed by atoms with van der Waals surface area (Å²) >= 11 is 0. The predicted molar refractivity (Wildman–Crippen MR) is 162 cm³/mol. The highest BCUT2D eigenvalue weighted by molar-refractivity contribution is 6.20. The average Bonchev–Trinajstić information content (AvgIpc) is 3.58. The molecule has 0 aliphatic heterocycles. The van der Waals surface area contributed by atoms with Gasteiger partial charge in [0.15, 0.2) is 5.82 Å². The Hall–Kier alpha value is -5.48. The Morgan fingerprint density at radius 2 is 1.18 bits per heavy atom. The van der Waals surface area contributed by atoms with E-state index < -0.39 is 0 Å². The molecular formula is C36H20N2O2. The van der Waals surface area contributed by atoms with E-state index in [0.29, 0.717) is 5.82 Å². The summed E-state index contributed by atoms with van der Waals surface area (Å²) in [7, 11) is 0. The van der Waals surface area contributed by atoms with Crippen LogP contribution in [-0.2, 0) is 0 Å². The number of nitrogens with zero attached hydrogens (tertiary/aromatic N) is 2. The molecule has 9 aromatic rings. The Morgan fingerprint density at radius 3 is 2.05 bits per heavy atom. The van der Waals surface area contributed by atoms with Crippen LogP contribution in [0.3, 0.4) is 0 Å². The van der Waals surface area contributed by atoms with Crippen molar-refractivity contribution in [3.8, 4) is 22.6 Å². The van der Waals surface area contributed by atoms with Crippen LogP contribution in [0.2, 0.25) is 0 Å². The molecule has 40 heavy (non-hydrogen) atoms. The van der Waals surface area contributed by atoms with Gasteiger partial charge in [-0.15, -0.1) is 0 Å². The highest BCUT2D eigenvalue weighted by Crippen LogP contribution is 2.41. The second kappa shape index (κ2) is 8.01. The zero-order valence-electron chi connectivity index (χ0n) is 21.3. The minimum absolute atomic E-state index is 0.657. The van der Waals surface area contributed by atoms with E-state index in [4.69, 9.17) is 18.8 Å². The topological polar surface area (TPSA) is 52.1 Å². The van der Waals surface area contributed by atoms with Crippen LogP contribution in [0.5, 0.6) is 0 Å². The van der Waals surface area contributed by atoms with E-state index in [2.05, 4.69) is 66.7 Å². The van der Waals surface area contributed by atoms with Gasteiger partial charge >= 0.3 is 0 Å². The third kappa shape index (κ3) is 3.01. The van der Waals surface area contributed by atoms with Gasteiger partial charge in [-0.2, -0.15) is 0 Å². The lowest BCUT2D eigenvalue weighted by Gasteiger charge is -2.12. The summed E-state index contributed by atoms with van der Waals surface area (Å²) < 4.78 is 12.7. The number of para-hydroxylation sites is 3. The van der Waals surface area contributed by atoms with E-state index in [1.165, 1.54) is 0 Å². The number of aromatic nitrogens is 2. The summed E-state index contributed by atoms with van der Waals surface area (Å²) in [6.07, 6.45) is 0. The molecule has 0 fully saturated rings. The van der Waals surface area contributed by atoms with E-state index in [1.54, 1.807) is 0 Å². The molecule has 6 aromatic carbocycles. The normalized spacial score (nSPS) is 12.0. The molecule has 4 nitrogen and oxygen atoms in total. The lowest BCUT2D eigenvalue weighted by Crippen LogP contribution is -1.96.